The van der Waals surface area contributed by atoms with Crippen molar-refractivity contribution in [2.24, 2.45) is 17.8 Å². The Morgan fingerprint density at radius 1 is 0.367 bits per heavy atom. The largest absolute Gasteiger partial charge is 0.465 e. The lowest BCUT2D eigenvalue weighted by molar-refractivity contribution is -0.164. The highest BCUT2D eigenvalue weighted by molar-refractivity contribution is 5.96. The SMILES string of the molecule is CCCCCOC(=O)C(Cc1[c]c(CC(C(=O)OCCCCC)C(=O)OCCCCC)cc(CC(C(=O)OCCCCC)C(=O)OCCCCC)c1)C(=O)OCCCCC. The molecule has 0 heterocycles. The molecular formula is C48H77O12. The molecule has 0 fully saturated rings. The van der Waals surface area contributed by atoms with Gasteiger partial charge in [-0.1, -0.05) is 131 Å². The summed E-state index contributed by atoms with van der Waals surface area (Å²) in [4.78, 5) is 81.2. The minimum absolute atomic E-state index is 0.144. The summed E-state index contributed by atoms with van der Waals surface area (Å²) >= 11 is 0. The predicted octanol–water partition coefficient (Wildman–Crippen LogP) is 9.36. The average molecular weight is 846 g/mol. The van der Waals surface area contributed by atoms with Crippen LogP contribution in [-0.4, -0.2) is 75.5 Å². The van der Waals surface area contributed by atoms with Gasteiger partial charge in [0, 0.05) is 0 Å². The van der Waals surface area contributed by atoms with E-state index in [1.165, 1.54) is 0 Å². The van der Waals surface area contributed by atoms with E-state index in [0.29, 0.717) is 55.2 Å². The number of carbonyl (C=O) groups is 6. The second kappa shape index (κ2) is 34.7. The van der Waals surface area contributed by atoms with Gasteiger partial charge in [-0.3, -0.25) is 28.8 Å². The third-order valence-corrected chi connectivity index (χ3v) is 9.99. The van der Waals surface area contributed by atoms with E-state index in [4.69, 9.17) is 28.4 Å². The lowest BCUT2D eigenvalue weighted by atomic mass is 9.89. The van der Waals surface area contributed by atoms with E-state index in [1.807, 2.05) is 41.5 Å². The topological polar surface area (TPSA) is 158 Å². The Bertz CT molecular complexity index is 1130. The molecule has 0 bridgehead atoms. The van der Waals surface area contributed by atoms with Crippen LogP contribution in [0.2, 0.25) is 0 Å². The van der Waals surface area contributed by atoms with Gasteiger partial charge in [0.2, 0.25) is 0 Å². The van der Waals surface area contributed by atoms with Gasteiger partial charge in [-0.25, -0.2) is 0 Å². The van der Waals surface area contributed by atoms with Gasteiger partial charge in [0.25, 0.3) is 0 Å². The van der Waals surface area contributed by atoms with E-state index < -0.39 is 53.6 Å². The Hall–Kier alpha value is -3.96. The van der Waals surface area contributed by atoms with Crippen molar-refractivity contribution >= 4 is 35.8 Å². The van der Waals surface area contributed by atoms with Crippen molar-refractivity contribution in [2.45, 2.75) is 176 Å². The first-order valence-corrected chi connectivity index (χ1v) is 23.1. The zero-order valence-corrected chi connectivity index (χ0v) is 37.9. The first kappa shape index (κ1) is 54.1. The summed E-state index contributed by atoms with van der Waals surface area (Å²) in [6, 6.07) is 6.56. The average Bonchev–Trinajstić information content (AvgIpc) is 3.24. The summed E-state index contributed by atoms with van der Waals surface area (Å²) in [7, 11) is 0. The summed E-state index contributed by atoms with van der Waals surface area (Å²) < 4.78 is 33.4. The minimum atomic E-state index is -1.33. The number of rotatable bonds is 36. The number of ether oxygens (including phenoxy) is 6. The third kappa shape index (κ3) is 23.7. The van der Waals surface area contributed by atoms with E-state index in [0.717, 1.165) is 77.0 Å². The molecule has 0 aliphatic rings. The molecule has 0 amide bonds. The van der Waals surface area contributed by atoms with Crippen LogP contribution in [0.1, 0.15) is 174 Å². The molecule has 12 heteroatoms. The Labute approximate surface area is 360 Å². The summed E-state index contributed by atoms with van der Waals surface area (Å²) in [6.45, 7) is 13.1. The van der Waals surface area contributed by atoms with Crippen LogP contribution in [0.3, 0.4) is 0 Å². The van der Waals surface area contributed by atoms with Gasteiger partial charge >= 0.3 is 35.8 Å². The second-order valence-corrected chi connectivity index (χ2v) is 15.6. The molecule has 60 heavy (non-hydrogen) atoms. The van der Waals surface area contributed by atoms with Crippen molar-refractivity contribution in [1.29, 1.82) is 0 Å². The highest BCUT2D eigenvalue weighted by Gasteiger charge is 2.34. The molecule has 0 aliphatic heterocycles. The van der Waals surface area contributed by atoms with Crippen LogP contribution in [0.4, 0.5) is 0 Å². The molecule has 0 aliphatic carbocycles. The summed E-state index contributed by atoms with van der Waals surface area (Å²) in [5.41, 5.74) is 1.18. The third-order valence-electron chi connectivity index (χ3n) is 9.99. The molecule has 341 valence electrons. The van der Waals surface area contributed by atoms with E-state index in [1.54, 1.807) is 12.1 Å². The fourth-order valence-corrected chi connectivity index (χ4v) is 6.32. The molecule has 0 saturated heterocycles. The maximum atomic E-state index is 13.5. The minimum Gasteiger partial charge on any atom is -0.465 e. The first-order valence-electron chi connectivity index (χ1n) is 23.1. The highest BCUT2D eigenvalue weighted by atomic mass is 16.6. The molecule has 0 aromatic heterocycles. The van der Waals surface area contributed by atoms with Gasteiger partial charge in [0.15, 0.2) is 17.8 Å². The molecule has 1 rings (SSSR count). The molecule has 0 saturated carbocycles. The normalized spacial score (nSPS) is 11.2. The summed E-state index contributed by atoms with van der Waals surface area (Å²) in [6.07, 6.45) is 14.0. The van der Waals surface area contributed by atoms with Gasteiger partial charge in [-0.2, -0.15) is 0 Å². The molecule has 1 radical (unpaired) electrons. The van der Waals surface area contributed by atoms with Crippen molar-refractivity contribution in [3.63, 3.8) is 0 Å². The fraction of sp³-hybridized carbons (Fsp3) is 0.750. The molecule has 0 atom stereocenters. The van der Waals surface area contributed by atoms with Crippen molar-refractivity contribution < 1.29 is 57.2 Å². The standard InChI is InChI=1S/C48H77O12/c1-7-13-19-25-55-43(49)40(44(50)56-26-20-14-8-2)34-37-31-38(35-41(45(51)57-27-21-15-9-3)46(52)58-28-22-16-10-4)33-39(32-37)36-42(47(53)59-29-23-17-11-5)48(54)60-30-24-18-12-6/h31-32,40-42H,7-30,34-36H2,1-6H3. The smallest absolute Gasteiger partial charge is 0.320 e. The lowest BCUT2D eigenvalue weighted by Crippen LogP contribution is -2.32. The second-order valence-electron chi connectivity index (χ2n) is 15.6. The van der Waals surface area contributed by atoms with E-state index in [2.05, 4.69) is 6.07 Å². The van der Waals surface area contributed by atoms with Crippen molar-refractivity contribution in [3.8, 4) is 0 Å². The maximum Gasteiger partial charge on any atom is 0.320 e. The molecule has 0 spiro atoms. The van der Waals surface area contributed by atoms with Crippen LogP contribution in [0, 0.1) is 23.8 Å². The van der Waals surface area contributed by atoms with Gasteiger partial charge in [0.1, 0.15) is 0 Å². The molecule has 0 N–H and O–H groups in total. The highest BCUT2D eigenvalue weighted by Crippen LogP contribution is 2.24. The number of esters is 6. The molecule has 12 nitrogen and oxygen atoms in total. The number of unbranched alkanes of at least 4 members (excludes halogenated alkanes) is 12. The molecular weight excluding hydrogens is 769 g/mol. The summed E-state index contributed by atoms with van der Waals surface area (Å²) in [5.74, 6) is -8.38. The van der Waals surface area contributed by atoms with Gasteiger partial charge in [-0.15, -0.1) is 0 Å². The Morgan fingerprint density at radius 3 is 0.800 bits per heavy atom. The Balaban J connectivity index is 3.77. The quantitative estimate of drug-likeness (QED) is 0.0273. The van der Waals surface area contributed by atoms with Crippen molar-refractivity contribution in [2.75, 3.05) is 39.6 Å². The number of carbonyl (C=O) groups excluding carboxylic acids is 6. The van der Waals surface area contributed by atoms with Gasteiger partial charge in [0.05, 0.1) is 39.6 Å². The van der Waals surface area contributed by atoms with Crippen LogP contribution in [0.15, 0.2) is 12.1 Å². The van der Waals surface area contributed by atoms with Crippen LogP contribution in [-0.2, 0) is 76.5 Å². The number of benzene rings is 1. The monoisotopic (exact) mass is 846 g/mol. The van der Waals surface area contributed by atoms with Crippen molar-refractivity contribution in [1.82, 2.24) is 0 Å². The van der Waals surface area contributed by atoms with E-state index in [9.17, 15) is 28.8 Å². The summed E-state index contributed by atoms with van der Waals surface area (Å²) in [5, 5.41) is 0. The molecule has 0 unspecified atom stereocenters. The number of hydrogen-bond donors (Lipinski definition) is 0. The van der Waals surface area contributed by atoms with E-state index >= 15 is 0 Å². The zero-order valence-electron chi connectivity index (χ0n) is 37.9. The first-order chi connectivity index (χ1) is 29.1. The van der Waals surface area contributed by atoms with Gasteiger partial charge < -0.3 is 28.4 Å². The van der Waals surface area contributed by atoms with Crippen LogP contribution >= 0.6 is 0 Å². The van der Waals surface area contributed by atoms with E-state index in [-0.39, 0.29) is 58.9 Å². The van der Waals surface area contributed by atoms with Crippen LogP contribution in [0.25, 0.3) is 0 Å². The van der Waals surface area contributed by atoms with Crippen LogP contribution < -0.4 is 0 Å². The zero-order chi connectivity index (χ0) is 44.4. The molecule has 1 aromatic rings. The van der Waals surface area contributed by atoms with Crippen LogP contribution in [0.5, 0.6) is 0 Å². The Kier molecular flexibility index (Phi) is 31.3. The Morgan fingerprint density at radius 2 is 0.583 bits per heavy atom. The maximum absolute atomic E-state index is 13.5. The lowest BCUT2D eigenvalue weighted by Gasteiger charge is -2.20. The fourth-order valence-electron chi connectivity index (χ4n) is 6.32. The number of hydrogen-bond acceptors (Lipinski definition) is 12. The van der Waals surface area contributed by atoms with Crippen molar-refractivity contribution in [3.05, 3.63) is 34.9 Å². The molecule has 1 aromatic carbocycles. The van der Waals surface area contributed by atoms with Gasteiger partial charge in [-0.05, 0) is 80.5 Å². The predicted molar refractivity (Wildman–Crippen MR) is 230 cm³/mol.